The maximum absolute atomic E-state index is 12.3. The number of rotatable bonds is 4. The van der Waals surface area contributed by atoms with Crippen LogP contribution >= 0.6 is 31.9 Å². The summed E-state index contributed by atoms with van der Waals surface area (Å²) in [5.41, 5.74) is 0.137. The molecule has 110 valence electrons. The number of anilines is 1. The molecule has 0 spiro atoms. The average Bonchev–Trinajstić information content (AvgIpc) is 2.38. The first-order valence-electron chi connectivity index (χ1n) is 5.52. The van der Waals surface area contributed by atoms with Gasteiger partial charge in [-0.3, -0.25) is 14.8 Å². The van der Waals surface area contributed by atoms with Crippen LogP contribution in [0, 0.1) is 10.1 Å². The molecule has 2 aromatic carbocycles. The standard InChI is InChI=1S/C12H8Br2N2O4S/c13-8-1-6-12(11(14)7-8)21(19,20)15-9-2-4-10(5-3-9)16(17)18/h1-7,15H. The molecule has 0 saturated carbocycles. The van der Waals surface area contributed by atoms with Crippen molar-refractivity contribution < 1.29 is 13.3 Å². The molecule has 6 nitrogen and oxygen atoms in total. The SMILES string of the molecule is O=[N+]([O-])c1ccc(NS(=O)(=O)c2ccc(Br)cc2Br)cc1. The number of sulfonamides is 1. The van der Waals surface area contributed by atoms with E-state index in [1.54, 1.807) is 12.1 Å². The normalized spacial score (nSPS) is 11.1. The molecule has 21 heavy (non-hydrogen) atoms. The van der Waals surface area contributed by atoms with Gasteiger partial charge in [0, 0.05) is 26.8 Å². The highest BCUT2D eigenvalue weighted by Crippen LogP contribution is 2.27. The van der Waals surface area contributed by atoms with E-state index in [4.69, 9.17) is 0 Å². The Morgan fingerprint density at radius 3 is 2.19 bits per heavy atom. The first kappa shape index (κ1) is 15.9. The van der Waals surface area contributed by atoms with Crippen molar-refractivity contribution in [2.45, 2.75) is 4.90 Å². The van der Waals surface area contributed by atoms with Crippen molar-refractivity contribution in [1.29, 1.82) is 0 Å². The zero-order chi connectivity index (χ0) is 15.6. The van der Waals surface area contributed by atoms with Crippen LogP contribution in [0.25, 0.3) is 0 Å². The quantitative estimate of drug-likeness (QED) is 0.582. The summed E-state index contributed by atoms with van der Waals surface area (Å²) in [7, 11) is -3.78. The van der Waals surface area contributed by atoms with Crippen molar-refractivity contribution in [1.82, 2.24) is 0 Å². The van der Waals surface area contributed by atoms with Crippen LogP contribution < -0.4 is 4.72 Å². The lowest BCUT2D eigenvalue weighted by Gasteiger charge is -2.09. The highest BCUT2D eigenvalue weighted by atomic mass is 79.9. The van der Waals surface area contributed by atoms with Crippen molar-refractivity contribution in [3.05, 3.63) is 61.5 Å². The second-order valence-corrected chi connectivity index (χ2v) is 7.41. The van der Waals surface area contributed by atoms with Gasteiger partial charge >= 0.3 is 0 Å². The van der Waals surface area contributed by atoms with Gasteiger partial charge in [0.1, 0.15) is 4.90 Å². The number of hydrogen-bond donors (Lipinski definition) is 1. The van der Waals surface area contributed by atoms with Crippen LogP contribution in [0.1, 0.15) is 0 Å². The van der Waals surface area contributed by atoms with E-state index in [1.165, 1.54) is 30.3 Å². The van der Waals surface area contributed by atoms with Crippen molar-refractivity contribution in [2.24, 2.45) is 0 Å². The van der Waals surface area contributed by atoms with E-state index >= 15 is 0 Å². The third-order valence-corrected chi connectivity index (χ3v) is 5.37. The summed E-state index contributed by atoms with van der Waals surface area (Å²) in [4.78, 5) is 10.1. The Bertz CT molecular complexity index is 791. The zero-order valence-corrected chi connectivity index (χ0v) is 14.3. The third kappa shape index (κ3) is 3.80. The Hall–Kier alpha value is -1.45. The number of hydrogen-bond acceptors (Lipinski definition) is 4. The topological polar surface area (TPSA) is 89.3 Å². The monoisotopic (exact) mass is 434 g/mol. The fraction of sp³-hybridized carbons (Fsp3) is 0. The maximum atomic E-state index is 12.3. The first-order valence-corrected chi connectivity index (χ1v) is 8.59. The molecule has 0 radical (unpaired) electrons. The summed E-state index contributed by atoms with van der Waals surface area (Å²) in [5, 5.41) is 10.6. The van der Waals surface area contributed by atoms with Gasteiger partial charge in [-0.1, -0.05) is 15.9 Å². The summed E-state index contributed by atoms with van der Waals surface area (Å²) in [6, 6.07) is 9.80. The Morgan fingerprint density at radius 2 is 1.67 bits per heavy atom. The number of nitro benzene ring substituents is 1. The molecular formula is C12H8Br2N2O4S. The second-order valence-electron chi connectivity index (χ2n) is 3.98. The van der Waals surface area contributed by atoms with Gasteiger partial charge in [-0.05, 0) is 46.3 Å². The van der Waals surface area contributed by atoms with E-state index in [0.717, 1.165) is 4.47 Å². The Kier molecular flexibility index (Phi) is 4.64. The molecule has 1 N–H and O–H groups in total. The molecule has 2 rings (SSSR count). The number of nitro groups is 1. The number of halogens is 2. The van der Waals surface area contributed by atoms with Crippen LogP contribution in [0.15, 0.2) is 56.3 Å². The second kappa shape index (κ2) is 6.12. The minimum atomic E-state index is -3.78. The summed E-state index contributed by atoms with van der Waals surface area (Å²) >= 11 is 6.43. The highest BCUT2D eigenvalue weighted by Gasteiger charge is 2.18. The van der Waals surface area contributed by atoms with Gasteiger partial charge in [0.05, 0.1) is 4.92 Å². The minimum absolute atomic E-state index is 0.0732. The smallest absolute Gasteiger partial charge is 0.269 e. The van der Waals surface area contributed by atoms with Gasteiger partial charge < -0.3 is 0 Å². The third-order valence-electron chi connectivity index (χ3n) is 2.51. The molecule has 9 heteroatoms. The molecule has 0 aromatic heterocycles. The molecular weight excluding hydrogens is 428 g/mol. The van der Waals surface area contributed by atoms with E-state index in [2.05, 4.69) is 36.6 Å². The lowest BCUT2D eigenvalue weighted by atomic mass is 10.3. The summed E-state index contributed by atoms with van der Waals surface area (Å²) in [6.07, 6.45) is 0. The van der Waals surface area contributed by atoms with Crippen molar-refractivity contribution in [2.75, 3.05) is 4.72 Å². The van der Waals surface area contributed by atoms with Crippen molar-refractivity contribution in [3.63, 3.8) is 0 Å². The van der Waals surface area contributed by atoms with Gasteiger partial charge in [-0.15, -0.1) is 0 Å². The summed E-state index contributed by atoms with van der Waals surface area (Å²) in [5.74, 6) is 0. The van der Waals surface area contributed by atoms with Crippen LogP contribution in [0.3, 0.4) is 0 Å². The molecule has 0 bridgehead atoms. The number of nitrogens with zero attached hydrogens (tertiary/aromatic N) is 1. The average molecular weight is 436 g/mol. The number of non-ortho nitro benzene ring substituents is 1. The van der Waals surface area contributed by atoms with Crippen LogP contribution in [0.5, 0.6) is 0 Å². The molecule has 0 fully saturated rings. The molecule has 0 aliphatic rings. The molecule has 0 atom stereocenters. The lowest BCUT2D eigenvalue weighted by molar-refractivity contribution is -0.384. The lowest BCUT2D eigenvalue weighted by Crippen LogP contribution is -2.13. The molecule has 0 aliphatic heterocycles. The number of nitrogens with one attached hydrogen (secondary N) is 1. The Morgan fingerprint density at radius 1 is 1.05 bits per heavy atom. The summed E-state index contributed by atoms with van der Waals surface area (Å²) in [6.45, 7) is 0. The van der Waals surface area contributed by atoms with Crippen LogP contribution in [-0.4, -0.2) is 13.3 Å². The van der Waals surface area contributed by atoms with Gasteiger partial charge in [-0.25, -0.2) is 8.42 Å². The maximum Gasteiger partial charge on any atom is 0.269 e. The van der Waals surface area contributed by atoms with Crippen LogP contribution in [0.4, 0.5) is 11.4 Å². The van der Waals surface area contributed by atoms with Gasteiger partial charge in [0.15, 0.2) is 0 Å². The van der Waals surface area contributed by atoms with Crippen LogP contribution in [0.2, 0.25) is 0 Å². The summed E-state index contributed by atoms with van der Waals surface area (Å²) < 4.78 is 28.0. The molecule has 0 amide bonds. The number of benzene rings is 2. The highest BCUT2D eigenvalue weighted by molar-refractivity contribution is 9.11. The fourth-order valence-corrected chi connectivity index (χ4v) is 4.36. The van der Waals surface area contributed by atoms with E-state index in [9.17, 15) is 18.5 Å². The molecule has 0 heterocycles. The van der Waals surface area contributed by atoms with Crippen molar-refractivity contribution in [3.8, 4) is 0 Å². The zero-order valence-electron chi connectivity index (χ0n) is 10.3. The predicted molar refractivity (Wildman–Crippen MR) is 85.7 cm³/mol. The molecule has 0 aliphatic carbocycles. The van der Waals surface area contributed by atoms with Crippen LogP contribution in [-0.2, 0) is 10.0 Å². The molecule has 2 aromatic rings. The molecule has 0 saturated heterocycles. The van der Waals surface area contributed by atoms with E-state index in [0.29, 0.717) is 4.47 Å². The minimum Gasteiger partial charge on any atom is -0.280 e. The predicted octanol–water partition coefficient (Wildman–Crippen LogP) is 3.92. The van der Waals surface area contributed by atoms with E-state index in [1.807, 2.05) is 0 Å². The molecule has 0 unspecified atom stereocenters. The first-order chi connectivity index (χ1) is 9.79. The fourth-order valence-electron chi connectivity index (χ4n) is 1.55. The Balaban J connectivity index is 2.30. The van der Waals surface area contributed by atoms with Gasteiger partial charge in [0.2, 0.25) is 0 Å². The van der Waals surface area contributed by atoms with Crippen molar-refractivity contribution >= 4 is 53.3 Å². The Labute approximate surface area is 137 Å². The largest absolute Gasteiger partial charge is 0.280 e. The van der Waals surface area contributed by atoms with Gasteiger partial charge in [0.25, 0.3) is 15.7 Å². The van der Waals surface area contributed by atoms with E-state index < -0.39 is 14.9 Å². The van der Waals surface area contributed by atoms with E-state index in [-0.39, 0.29) is 16.3 Å². The van der Waals surface area contributed by atoms with Gasteiger partial charge in [-0.2, -0.15) is 0 Å².